The minimum atomic E-state index is -2.12. The zero-order valence-electron chi connectivity index (χ0n) is 12.3. The molecule has 0 amide bonds. The second-order valence-electron chi connectivity index (χ2n) is 6.44. The lowest BCUT2D eigenvalue weighted by molar-refractivity contribution is 0.450. The monoisotopic (exact) mass is 273 g/mol. The third-order valence-electron chi connectivity index (χ3n) is 4.32. The first-order chi connectivity index (χ1) is 8.79. The summed E-state index contributed by atoms with van der Waals surface area (Å²) in [5.74, 6) is 0. The number of benzene rings is 1. The maximum absolute atomic E-state index is 10.3. The highest BCUT2D eigenvalue weighted by Crippen LogP contribution is 2.39. The fourth-order valence-electron chi connectivity index (χ4n) is 1.99. The van der Waals surface area contributed by atoms with E-state index in [1.54, 1.807) is 0 Å². The van der Waals surface area contributed by atoms with Gasteiger partial charge in [0.15, 0.2) is 8.32 Å². The van der Waals surface area contributed by atoms with E-state index in [9.17, 15) is 4.80 Å². The molecule has 0 aliphatic carbocycles. The van der Waals surface area contributed by atoms with E-state index in [0.29, 0.717) is 0 Å². The number of rotatable bonds is 4. The van der Waals surface area contributed by atoms with Crippen molar-refractivity contribution in [1.29, 1.82) is 0 Å². The van der Waals surface area contributed by atoms with Gasteiger partial charge >= 0.3 is 0 Å². The predicted molar refractivity (Wildman–Crippen MR) is 83.8 cm³/mol. The Kier molecular flexibility index (Phi) is 3.79. The van der Waals surface area contributed by atoms with Crippen LogP contribution >= 0.6 is 0 Å². The Morgan fingerprint density at radius 2 is 1.79 bits per heavy atom. The largest absolute Gasteiger partial charge is 0.432 e. The highest BCUT2D eigenvalue weighted by molar-refractivity contribution is 6.72. The van der Waals surface area contributed by atoms with Gasteiger partial charge in [-0.25, -0.2) is 0 Å². The van der Waals surface area contributed by atoms with Gasteiger partial charge in [0.25, 0.3) is 0 Å². The van der Waals surface area contributed by atoms with Crippen LogP contribution in [-0.4, -0.2) is 18.1 Å². The van der Waals surface area contributed by atoms with Gasteiger partial charge in [0.05, 0.1) is 5.52 Å². The summed E-state index contributed by atoms with van der Waals surface area (Å²) in [5.41, 5.74) is 2.17. The van der Waals surface area contributed by atoms with E-state index in [4.69, 9.17) is 4.98 Å². The molecule has 0 unspecified atom stereocenters. The topological polar surface area (TPSA) is 33.1 Å². The normalized spacial score (nSPS) is 12.9. The van der Waals surface area contributed by atoms with Crippen molar-refractivity contribution in [2.75, 3.05) is 0 Å². The lowest BCUT2D eigenvalue weighted by atomic mass is 10.0. The fourth-order valence-corrected chi connectivity index (χ4v) is 2.73. The Balaban J connectivity index is 2.14. The molecule has 3 heteroatoms. The average molecular weight is 273 g/mol. The fraction of sp³-hybridized carbons (Fsp3) is 0.438. The van der Waals surface area contributed by atoms with Crippen LogP contribution in [0.25, 0.3) is 10.9 Å². The highest BCUT2D eigenvalue weighted by atomic mass is 28.4. The second kappa shape index (κ2) is 5.06. The van der Waals surface area contributed by atoms with Crippen molar-refractivity contribution in [1.82, 2.24) is 4.98 Å². The van der Waals surface area contributed by atoms with E-state index in [1.165, 1.54) is 5.39 Å². The Hall–Kier alpha value is -1.19. The minimum Gasteiger partial charge on any atom is -0.432 e. The van der Waals surface area contributed by atoms with Crippen LogP contribution in [0.5, 0.6) is 0 Å². The van der Waals surface area contributed by atoms with Crippen LogP contribution in [0.2, 0.25) is 18.1 Å². The van der Waals surface area contributed by atoms with E-state index in [2.05, 4.69) is 38.1 Å². The van der Waals surface area contributed by atoms with Crippen molar-refractivity contribution in [2.24, 2.45) is 0 Å². The minimum absolute atomic E-state index is 0.0142. The molecule has 0 spiro atoms. The lowest BCUT2D eigenvalue weighted by Crippen LogP contribution is -2.39. The van der Waals surface area contributed by atoms with Crippen LogP contribution in [-0.2, 0) is 6.42 Å². The van der Waals surface area contributed by atoms with Crippen LogP contribution in [0.4, 0.5) is 0 Å². The van der Waals surface area contributed by atoms with Crippen molar-refractivity contribution in [3.63, 3.8) is 0 Å². The molecule has 0 atom stereocenters. The number of hydrogen-bond donors (Lipinski definition) is 1. The molecule has 2 aromatic rings. The summed E-state index contributed by atoms with van der Waals surface area (Å²) in [5, 5.41) is 1.20. The van der Waals surface area contributed by atoms with E-state index in [0.717, 1.165) is 24.1 Å². The molecule has 102 valence electrons. The smallest absolute Gasteiger partial charge is 0.188 e. The van der Waals surface area contributed by atoms with Gasteiger partial charge in [0.1, 0.15) is 0 Å². The molecule has 1 aromatic carbocycles. The molecule has 19 heavy (non-hydrogen) atoms. The first-order valence-corrected chi connectivity index (χ1v) is 9.81. The molecule has 2 rings (SSSR count). The first-order valence-electron chi connectivity index (χ1n) is 6.87. The second-order valence-corrected chi connectivity index (χ2v) is 10.9. The third kappa shape index (κ3) is 3.22. The van der Waals surface area contributed by atoms with Gasteiger partial charge in [-0.15, -0.1) is 0 Å². The molecule has 0 fully saturated rings. The van der Waals surface area contributed by atoms with Crippen LogP contribution in [0.1, 0.15) is 26.0 Å². The van der Waals surface area contributed by atoms with E-state index < -0.39 is 8.32 Å². The average Bonchev–Trinajstić information content (AvgIpc) is 2.35. The predicted octanol–water partition coefficient (Wildman–Crippen LogP) is 4.15. The van der Waals surface area contributed by atoms with Gasteiger partial charge in [0, 0.05) is 11.1 Å². The molecule has 0 aliphatic rings. The van der Waals surface area contributed by atoms with Crippen LogP contribution in [0.3, 0.4) is 0 Å². The highest BCUT2D eigenvalue weighted by Gasteiger charge is 2.37. The molecule has 0 radical (unpaired) electrons. The summed E-state index contributed by atoms with van der Waals surface area (Å²) >= 11 is 0. The van der Waals surface area contributed by atoms with Crippen molar-refractivity contribution < 1.29 is 4.80 Å². The lowest BCUT2D eigenvalue weighted by Gasteiger charge is -2.35. The summed E-state index contributed by atoms with van der Waals surface area (Å²) in [4.78, 5) is 15.0. The van der Waals surface area contributed by atoms with Crippen LogP contribution < -0.4 is 0 Å². The van der Waals surface area contributed by atoms with Crippen molar-refractivity contribution in [2.45, 2.75) is 44.8 Å². The molecule has 0 saturated carbocycles. The maximum Gasteiger partial charge on any atom is 0.188 e. The molecule has 2 nitrogen and oxygen atoms in total. The quantitative estimate of drug-likeness (QED) is 0.849. The summed E-state index contributed by atoms with van der Waals surface area (Å²) in [6.45, 7) is 8.36. The van der Waals surface area contributed by atoms with Gasteiger partial charge in [-0.05, 0) is 43.1 Å². The Labute approximate surface area is 116 Å². The molecule has 0 saturated heterocycles. The molecular formula is C16H23NOSi. The van der Waals surface area contributed by atoms with Crippen LogP contribution in [0.15, 0.2) is 36.4 Å². The Morgan fingerprint density at radius 1 is 1.11 bits per heavy atom. The number of para-hydroxylation sites is 1. The summed E-state index contributed by atoms with van der Waals surface area (Å²) in [7, 11) is -2.12. The van der Waals surface area contributed by atoms with Crippen molar-refractivity contribution >= 4 is 19.2 Å². The summed E-state index contributed by atoms with van der Waals surface area (Å²) in [6.07, 6.45) is 1.91. The Morgan fingerprint density at radius 3 is 2.47 bits per heavy atom. The number of hydrogen-bond acceptors (Lipinski definition) is 2. The zero-order valence-corrected chi connectivity index (χ0v) is 13.3. The van der Waals surface area contributed by atoms with Gasteiger partial charge in [0.2, 0.25) is 0 Å². The zero-order chi connectivity index (χ0) is 14.1. The summed E-state index contributed by atoms with van der Waals surface area (Å²) < 4.78 is 0. The standard InChI is InChI=1S/C16H23NOSi/c1-16(2,19(3,4)18)12-11-14-10-9-13-7-5-6-8-15(13)17-14/h5-10,18H,11-12H2,1-4H3. The van der Waals surface area contributed by atoms with Gasteiger partial charge in [-0.1, -0.05) is 38.1 Å². The van der Waals surface area contributed by atoms with E-state index in [1.807, 2.05) is 25.2 Å². The number of fused-ring (bicyclic) bond motifs is 1. The summed E-state index contributed by atoms with van der Waals surface area (Å²) in [6, 6.07) is 12.4. The Bertz CT molecular complexity index is 572. The number of nitrogens with zero attached hydrogens (tertiary/aromatic N) is 1. The van der Waals surface area contributed by atoms with Gasteiger partial charge < -0.3 is 4.80 Å². The van der Waals surface area contributed by atoms with Crippen LogP contribution in [0, 0.1) is 0 Å². The third-order valence-corrected chi connectivity index (χ3v) is 7.88. The first kappa shape index (κ1) is 14.2. The van der Waals surface area contributed by atoms with E-state index >= 15 is 0 Å². The van der Waals surface area contributed by atoms with E-state index in [-0.39, 0.29) is 5.04 Å². The van der Waals surface area contributed by atoms with Gasteiger partial charge in [-0.2, -0.15) is 0 Å². The molecule has 1 aromatic heterocycles. The SMILES string of the molecule is CC(C)(CCc1ccc2ccccc2n1)[Si](C)(C)O. The molecule has 1 N–H and O–H groups in total. The molecular weight excluding hydrogens is 250 g/mol. The van der Waals surface area contributed by atoms with Crippen molar-refractivity contribution in [3.05, 3.63) is 42.1 Å². The number of aromatic nitrogens is 1. The van der Waals surface area contributed by atoms with Crippen molar-refractivity contribution in [3.8, 4) is 0 Å². The molecule has 0 aliphatic heterocycles. The van der Waals surface area contributed by atoms with Gasteiger partial charge in [-0.3, -0.25) is 4.98 Å². The maximum atomic E-state index is 10.3. The number of aryl methyl sites for hydroxylation is 1. The number of pyridine rings is 1. The molecule has 0 bridgehead atoms. The molecule has 1 heterocycles.